The summed E-state index contributed by atoms with van der Waals surface area (Å²) < 4.78 is 10.6. The zero-order chi connectivity index (χ0) is 13.5. The second-order valence-electron chi connectivity index (χ2n) is 3.94. The highest BCUT2D eigenvalue weighted by Crippen LogP contribution is 2.39. The third kappa shape index (κ3) is 7.97. The minimum absolute atomic E-state index is 0.134. The van der Waals surface area contributed by atoms with Gasteiger partial charge in [0.05, 0.1) is 6.16 Å². The number of benzene rings is 1. The molecule has 17 heavy (non-hydrogen) atoms. The van der Waals surface area contributed by atoms with E-state index >= 15 is 0 Å². The fourth-order valence-corrected chi connectivity index (χ4v) is 1.73. The van der Waals surface area contributed by atoms with Gasteiger partial charge in [-0.3, -0.25) is 4.57 Å². The summed E-state index contributed by atoms with van der Waals surface area (Å²) in [5.74, 6) is 0.134. The van der Waals surface area contributed by atoms with E-state index in [1.54, 1.807) is 13.0 Å². The second kappa shape index (κ2) is 7.49. The standard InChI is InChI=1S/C8H11O4P.C4H10/c1-6-4-7(2-3-8(6)9)5-13(10,11)12;1-3-4-2/h2-4,9H,5H2,1H3,(H2,10,11,12);3-4H2,1-2H3. The maximum absolute atomic E-state index is 10.6. The number of aryl methyl sites for hydroxylation is 1. The number of rotatable bonds is 3. The summed E-state index contributed by atoms with van der Waals surface area (Å²) in [7, 11) is -4.00. The molecule has 0 aliphatic carbocycles. The Morgan fingerprint density at radius 1 is 1.18 bits per heavy atom. The average molecular weight is 260 g/mol. The number of aromatic hydroxyl groups is 1. The van der Waals surface area contributed by atoms with Crippen LogP contribution >= 0.6 is 7.60 Å². The van der Waals surface area contributed by atoms with Crippen LogP contribution in [0.2, 0.25) is 0 Å². The van der Waals surface area contributed by atoms with Crippen LogP contribution in [0.3, 0.4) is 0 Å². The molecule has 0 saturated heterocycles. The molecule has 0 aromatic heterocycles. The summed E-state index contributed by atoms with van der Waals surface area (Å²) in [5, 5.41) is 9.15. The Hall–Kier alpha value is -0.830. The van der Waals surface area contributed by atoms with Gasteiger partial charge in [-0.2, -0.15) is 0 Å². The lowest BCUT2D eigenvalue weighted by atomic mass is 10.1. The van der Waals surface area contributed by atoms with E-state index in [1.807, 2.05) is 0 Å². The molecule has 0 bridgehead atoms. The van der Waals surface area contributed by atoms with E-state index in [9.17, 15) is 4.57 Å². The Balaban J connectivity index is 0.000000557. The van der Waals surface area contributed by atoms with E-state index in [0.717, 1.165) is 0 Å². The van der Waals surface area contributed by atoms with Crippen LogP contribution in [0.15, 0.2) is 18.2 Å². The Morgan fingerprint density at radius 2 is 1.71 bits per heavy atom. The van der Waals surface area contributed by atoms with Crippen molar-refractivity contribution in [2.24, 2.45) is 0 Å². The van der Waals surface area contributed by atoms with Crippen LogP contribution in [-0.2, 0) is 10.7 Å². The van der Waals surface area contributed by atoms with Crippen LogP contribution in [0.5, 0.6) is 5.75 Å². The van der Waals surface area contributed by atoms with Gasteiger partial charge in [-0.15, -0.1) is 0 Å². The summed E-state index contributed by atoms with van der Waals surface area (Å²) in [6.07, 6.45) is 2.36. The van der Waals surface area contributed by atoms with Crippen LogP contribution in [-0.4, -0.2) is 14.9 Å². The van der Waals surface area contributed by atoms with Gasteiger partial charge >= 0.3 is 7.60 Å². The minimum Gasteiger partial charge on any atom is -0.508 e. The van der Waals surface area contributed by atoms with Crippen molar-refractivity contribution in [3.05, 3.63) is 29.3 Å². The van der Waals surface area contributed by atoms with Crippen LogP contribution < -0.4 is 0 Å². The summed E-state index contributed by atoms with van der Waals surface area (Å²) >= 11 is 0. The van der Waals surface area contributed by atoms with E-state index in [2.05, 4.69) is 13.8 Å². The van der Waals surface area contributed by atoms with Crippen molar-refractivity contribution in [1.82, 2.24) is 0 Å². The first-order chi connectivity index (χ1) is 7.80. The van der Waals surface area contributed by atoms with Gasteiger partial charge in [-0.05, 0) is 24.1 Å². The van der Waals surface area contributed by atoms with Crippen LogP contribution in [0.4, 0.5) is 0 Å². The van der Waals surface area contributed by atoms with Gasteiger partial charge in [0.1, 0.15) is 5.75 Å². The van der Waals surface area contributed by atoms with Crippen molar-refractivity contribution >= 4 is 7.60 Å². The second-order valence-corrected chi connectivity index (χ2v) is 5.59. The van der Waals surface area contributed by atoms with Crippen LogP contribution in [0, 0.1) is 6.92 Å². The Bertz CT molecular complexity index is 382. The largest absolute Gasteiger partial charge is 0.508 e. The molecule has 0 amide bonds. The lowest BCUT2D eigenvalue weighted by molar-refractivity contribution is 0.371. The van der Waals surface area contributed by atoms with E-state index < -0.39 is 7.60 Å². The summed E-state index contributed by atoms with van der Waals surface area (Å²) in [4.78, 5) is 17.4. The van der Waals surface area contributed by atoms with Gasteiger partial charge in [-0.1, -0.05) is 38.8 Å². The smallest absolute Gasteiger partial charge is 0.329 e. The lowest BCUT2D eigenvalue weighted by Crippen LogP contribution is -1.87. The molecule has 4 nitrogen and oxygen atoms in total. The molecule has 1 aromatic rings. The maximum atomic E-state index is 10.6. The third-order valence-corrected chi connectivity index (χ3v) is 2.93. The fourth-order valence-electron chi connectivity index (χ4n) is 1.05. The average Bonchev–Trinajstić information content (AvgIpc) is 2.22. The first-order valence-corrected chi connectivity index (χ1v) is 7.43. The Labute approximate surface area is 102 Å². The van der Waals surface area contributed by atoms with Crippen molar-refractivity contribution in [1.29, 1.82) is 0 Å². The molecule has 0 radical (unpaired) electrons. The van der Waals surface area contributed by atoms with Crippen molar-refractivity contribution in [2.75, 3.05) is 0 Å². The summed E-state index contributed by atoms with van der Waals surface area (Å²) in [6, 6.07) is 4.50. The van der Waals surface area contributed by atoms with Crippen molar-refractivity contribution in [3.8, 4) is 5.75 Å². The topological polar surface area (TPSA) is 77.8 Å². The molecule has 98 valence electrons. The molecule has 5 heteroatoms. The predicted octanol–water partition coefficient (Wildman–Crippen LogP) is 3.18. The number of hydrogen-bond donors (Lipinski definition) is 3. The number of hydrogen-bond acceptors (Lipinski definition) is 2. The number of phenolic OH excluding ortho intramolecular Hbond substituents is 1. The monoisotopic (exact) mass is 260 g/mol. The van der Waals surface area contributed by atoms with Gasteiger partial charge in [-0.25, -0.2) is 0 Å². The van der Waals surface area contributed by atoms with Crippen molar-refractivity contribution in [2.45, 2.75) is 39.8 Å². The zero-order valence-corrected chi connectivity index (χ0v) is 11.4. The van der Waals surface area contributed by atoms with Crippen LogP contribution in [0.1, 0.15) is 37.8 Å². The molecule has 0 spiro atoms. The molecular weight excluding hydrogens is 239 g/mol. The first-order valence-electron chi connectivity index (χ1n) is 5.63. The van der Waals surface area contributed by atoms with E-state index in [1.165, 1.54) is 25.0 Å². The van der Waals surface area contributed by atoms with Crippen molar-refractivity contribution in [3.63, 3.8) is 0 Å². The molecule has 1 rings (SSSR count). The van der Waals surface area contributed by atoms with Crippen LogP contribution in [0.25, 0.3) is 0 Å². The molecule has 0 aliphatic heterocycles. The Kier molecular flexibility index (Phi) is 7.12. The molecular formula is C12H21O4P. The molecule has 3 N–H and O–H groups in total. The zero-order valence-electron chi connectivity index (χ0n) is 10.6. The molecule has 0 fully saturated rings. The van der Waals surface area contributed by atoms with E-state index in [0.29, 0.717) is 11.1 Å². The predicted molar refractivity (Wildman–Crippen MR) is 69.2 cm³/mol. The lowest BCUT2D eigenvalue weighted by Gasteiger charge is -2.05. The molecule has 0 unspecified atom stereocenters. The van der Waals surface area contributed by atoms with Crippen molar-refractivity contribution < 1.29 is 19.5 Å². The molecule has 1 aromatic carbocycles. The van der Waals surface area contributed by atoms with Gasteiger partial charge < -0.3 is 14.9 Å². The fraction of sp³-hybridized carbons (Fsp3) is 0.500. The van der Waals surface area contributed by atoms with Gasteiger partial charge in [0.2, 0.25) is 0 Å². The van der Waals surface area contributed by atoms with Gasteiger partial charge in [0.25, 0.3) is 0 Å². The molecule has 0 saturated carbocycles. The highest BCUT2D eigenvalue weighted by atomic mass is 31.2. The number of phenols is 1. The highest BCUT2D eigenvalue weighted by molar-refractivity contribution is 7.50. The molecule has 0 heterocycles. The highest BCUT2D eigenvalue weighted by Gasteiger charge is 2.14. The van der Waals surface area contributed by atoms with Gasteiger partial charge in [0.15, 0.2) is 0 Å². The number of unbranched alkanes of at least 4 members (excludes halogenated alkanes) is 1. The van der Waals surface area contributed by atoms with E-state index in [4.69, 9.17) is 14.9 Å². The maximum Gasteiger partial charge on any atom is 0.329 e. The molecule has 0 atom stereocenters. The normalized spacial score (nSPS) is 10.6. The third-order valence-electron chi connectivity index (χ3n) is 2.15. The summed E-state index contributed by atoms with van der Waals surface area (Å²) in [5.41, 5.74) is 1.15. The first kappa shape index (κ1) is 16.2. The summed E-state index contributed by atoms with van der Waals surface area (Å²) in [6.45, 7) is 6.04. The van der Waals surface area contributed by atoms with Gasteiger partial charge in [0, 0.05) is 0 Å². The molecule has 0 aliphatic rings. The van der Waals surface area contributed by atoms with E-state index in [-0.39, 0.29) is 11.9 Å². The Morgan fingerprint density at radius 3 is 2.06 bits per heavy atom. The SMILES string of the molecule is CCCC.Cc1cc(CP(=O)(O)O)ccc1O. The minimum atomic E-state index is -4.00. The quantitative estimate of drug-likeness (QED) is 0.729.